The van der Waals surface area contributed by atoms with E-state index in [0.29, 0.717) is 22.6 Å². The van der Waals surface area contributed by atoms with E-state index in [1.54, 1.807) is 18.2 Å². The highest BCUT2D eigenvalue weighted by Gasteiger charge is 2.08. The molecule has 2 rings (SSSR count). The third kappa shape index (κ3) is 3.25. The van der Waals surface area contributed by atoms with Crippen molar-refractivity contribution in [2.24, 2.45) is 0 Å². The van der Waals surface area contributed by atoms with Crippen molar-refractivity contribution in [1.82, 2.24) is 0 Å². The van der Waals surface area contributed by atoms with Gasteiger partial charge in [-0.2, -0.15) is 0 Å². The van der Waals surface area contributed by atoms with E-state index in [0.717, 1.165) is 0 Å². The van der Waals surface area contributed by atoms with Crippen LogP contribution in [0, 0.1) is 5.82 Å². The normalized spacial score (nSPS) is 10.3. The highest BCUT2D eigenvalue weighted by molar-refractivity contribution is 6.33. The average molecular weight is 299 g/mol. The molecule has 0 saturated carbocycles. The molecule has 19 heavy (non-hydrogen) atoms. The maximum absolute atomic E-state index is 12.9. The molecule has 0 radical (unpaired) electrons. The first kappa shape index (κ1) is 13.8. The van der Waals surface area contributed by atoms with Crippen molar-refractivity contribution >= 4 is 29.5 Å². The van der Waals surface area contributed by atoms with Gasteiger partial charge in [0, 0.05) is 5.56 Å². The van der Waals surface area contributed by atoms with Gasteiger partial charge in [-0.05, 0) is 24.3 Å². The molecule has 0 aliphatic rings. The van der Waals surface area contributed by atoms with Gasteiger partial charge in [-0.15, -0.1) is 0 Å². The molecule has 0 unspecified atom stereocenters. The molecule has 0 N–H and O–H groups in total. The Bertz CT molecular complexity index is 614. The quantitative estimate of drug-likeness (QED) is 0.776. The second-order valence-corrected chi connectivity index (χ2v) is 4.61. The molecule has 2 nitrogen and oxygen atoms in total. The number of rotatable bonds is 4. The van der Waals surface area contributed by atoms with Crippen LogP contribution in [0.3, 0.4) is 0 Å². The van der Waals surface area contributed by atoms with Crippen molar-refractivity contribution in [3.63, 3.8) is 0 Å². The second kappa shape index (κ2) is 6.04. The summed E-state index contributed by atoms with van der Waals surface area (Å²) in [5, 5.41) is 0.590. The maximum Gasteiger partial charge on any atom is 0.155 e. The number of benzene rings is 2. The third-order valence-electron chi connectivity index (χ3n) is 2.53. The smallest absolute Gasteiger partial charge is 0.155 e. The topological polar surface area (TPSA) is 26.3 Å². The summed E-state index contributed by atoms with van der Waals surface area (Å²) >= 11 is 11.8. The summed E-state index contributed by atoms with van der Waals surface area (Å²) in [4.78, 5) is 10.9. The van der Waals surface area contributed by atoms with E-state index in [1.165, 1.54) is 18.2 Å². The summed E-state index contributed by atoms with van der Waals surface area (Å²) in [7, 11) is 0. The van der Waals surface area contributed by atoms with Crippen LogP contribution in [0.25, 0.3) is 0 Å². The Balaban J connectivity index is 2.19. The molecule has 0 aromatic heterocycles. The van der Waals surface area contributed by atoms with Crippen LogP contribution in [0.5, 0.6) is 5.75 Å². The van der Waals surface area contributed by atoms with E-state index in [2.05, 4.69) is 0 Å². The number of aldehydes is 1. The number of hydrogen-bond acceptors (Lipinski definition) is 2. The average Bonchev–Trinajstić information content (AvgIpc) is 2.38. The van der Waals surface area contributed by atoms with E-state index in [4.69, 9.17) is 27.9 Å². The van der Waals surface area contributed by atoms with Crippen LogP contribution in [0.1, 0.15) is 15.9 Å². The number of hydrogen-bond donors (Lipinski definition) is 0. The van der Waals surface area contributed by atoms with Crippen LogP contribution >= 0.6 is 23.2 Å². The van der Waals surface area contributed by atoms with Gasteiger partial charge in [-0.1, -0.05) is 35.3 Å². The van der Waals surface area contributed by atoms with E-state index in [9.17, 15) is 9.18 Å². The van der Waals surface area contributed by atoms with Gasteiger partial charge in [0.15, 0.2) is 6.29 Å². The number of halogens is 3. The van der Waals surface area contributed by atoms with Crippen LogP contribution < -0.4 is 4.74 Å². The first-order chi connectivity index (χ1) is 9.11. The lowest BCUT2D eigenvalue weighted by molar-refractivity contribution is 0.111. The third-order valence-corrected chi connectivity index (χ3v) is 3.21. The summed E-state index contributed by atoms with van der Waals surface area (Å²) in [6.07, 6.45) is 0.629. The van der Waals surface area contributed by atoms with Gasteiger partial charge in [0.2, 0.25) is 0 Å². The Hall–Kier alpha value is -1.58. The zero-order valence-corrected chi connectivity index (χ0v) is 11.2. The molecule has 2 aromatic carbocycles. The Morgan fingerprint density at radius 3 is 2.63 bits per heavy atom. The summed E-state index contributed by atoms with van der Waals surface area (Å²) < 4.78 is 18.4. The molecule has 0 aliphatic carbocycles. The molecule has 0 spiro atoms. The number of ether oxygens (including phenoxy) is 1. The summed E-state index contributed by atoms with van der Waals surface area (Å²) in [5.74, 6) is -0.0482. The van der Waals surface area contributed by atoms with E-state index in [1.807, 2.05) is 0 Å². The van der Waals surface area contributed by atoms with Crippen molar-refractivity contribution in [2.45, 2.75) is 6.61 Å². The van der Waals surface area contributed by atoms with E-state index >= 15 is 0 Å². The highest BCUT2D eigenvalue weighted by atomic mass is 35.5. The fourth-order valence-electron chi connectivity index (χ4n) is 1.55. The minimum Gasteiger partial charge on any atom is -0.488 e. The van der Waals surface area contributed by atoms with Gasteiger partial charge in [0.05, 0.1) is 15.6 Å². The van der Waals surface area contributed by atoms with Crippen molar-refractivity contribution in [1.29, 1.82) is 0 Å². The zero-order chi connectivity index (χ0) is 13.8. The lowest BCUT2D eigenvalue weighted by Crippen LogP contribution is -1.99. The van der Waals surface area contributed by atoms with Gasteiger partial charge in [-0.25, -0.2) is 4.39 Å². The van der Waals surface area contributed by atoms with Crippen molar-refractivity contribution in [3.8, 4) is 5.75 Å². The van der Waals surface area contributed by atoms with Crippen molar-refractivity contribution < 1.29 is 13.9 Å². The van der Waals surface area contributed by atoms with Crippen LogP contribution in [-0.4, -0.2) is 6.29 Å². The van der Waals surface area contributed by atoms with Gasteiger partial charge in [-0.3, -0.25) is 4.79 Å². The molecule has 98 valence electrons. The fourth-order valence-corrected chi connectivity index (χ4v) is 1.98. The SMILES string of the molecule is O=Cc1c(Cl)cccc1OCc1ccc(F)cc1Cl. The van der Waals surface area contributed by atoms with Crippen LogP contribution in [0.4, 0.5) is 4.39 Å². The lowest BCUT2D eigenvalue weighted by Gasteiger charge is -2.10. The Morgan fingerprint density at radius 2 is 1.95 bits per heavy atom. The lowest BCUT2D eigenvalue weighted by atomic mass is 10.2. The Kier molecular flexibility index (Phi) is 4.40. The molecule has 0 saturated heterocycles. The highest BCUT2D eigenvalue weighted by Crippen LogP contribution is 2.26. The predicted octanol–water partition coefficient (Wildman–Crippen LogP) is 4.52. The van der Waals surface area contributed by atoms with Crippen molar-refractivity contribution in [2.75, 3.05) is 0 Å². The molecular weight excluding hydrogens is 290 g/mol. The summed E-state index contributed by atoms with van der Waals surface area (Å²) in [6, 6.07) is 8.94. The molecule has 0 amide bonds. The maximum atomic E-state index is 12.9. The monoisotopic (exact) mass is 298 g/mol. The minimum absolute atomic E-state index is 0.125. The largest absolute Gasteiger partial charge is 0.488 e. The molecular formula is C14H9Cl2FO2. The first-order valence-corrected chi connectivity index (χ1v) is 6.18. The van der Waals surface area contributed by atoms with Gasteiger partial charge >= 0.3 is 0 Å². The van der Waals surface area contributed by atoms with Crippen LogP contribution in [0.15, 0.2) is 36.4 Å². The van der Waals surface area contributed by atoms with Crippen LogP contribution in [0.2, 0.25) is 10.0 Å². The minimum atomic E-state index is -0.412. The fraction of sp³-hybridized carbons (Fsp3) is 0.0714. The molecule has 5 heteroatoms. The van der Waals surface area contributed by atoms with Gasteiger partial charge in [0.25, 0.3) is 0 Å². The molecule has 0 atom stereocenters. The summed E-state index contributed by atoms with van der Waals surface area (Å²) in [5.41, 5.74) is 0.905. The molecule has 0 fully saturated rings. The molecule has 0 heterocycles. The van der Waals surface area contributed by atoms with Gasteiger partial charge < -0.3 is 4.74 Å². The number of carbonyl (C=O) groups is 1. The van der Waals surface area contributed by atoms with E-state index in [-0.39, 0.29) is 17.2 Å². The molecule has 0 aliphatic heterocycles. The summed E-state index contributed by atoms with van der Waals surface area (Å²) in [6.45, 7) is 0.125. The standard InChI is InChI=1S/C14H9Cl2FO2/c15-12-2-1-3-14(11(12)7-18)19-8-9-4-5-10(17)6-13(9)16/h1-7H,8H2. The van der Waals surface area contributed by atoms with Gasteiger partial charge in [0.1, 0.15) is 18.2 Å². The van der Waals surface area contributed by atoms with E-state index < -0.39 is 5.82 Å². The Morgan fingerprint density at radius 1 is 1.16 bits per heavy atom. The molecule has 2 aromatic rings. The second-order valence-electron chi connectivity index (χ2n) is 3.79. The number of carbonyl (C=O) groups excluding carboxylic acids is 1. The van der Waals surface area contributed by atoms with Crippen LogP contribution in [-0.2, 0) is 6.61 Å². The molecule has 0 bridgehead atoms. The predicted molar refractivity (Wildman–Crippen MR) is 72.6 cm³/mol. The van der Waals surface area contributed by atoms with Crippen molar-refractivity contribution in [3.05, 3.63) is 63.4 Å². The first-order valence-electron chi connectivity index (χ1n) is 5.42. The zero-order valence-electron chi connectivity index (χ0n) is 9.70. The Labute approximate surface area is 119 Å².